The van der Waals surface area contributed by atoms with E-state index in [1.165, 1.54) is 0 Å². The van der Waals surface area contributed by atoms with Gasteiger partial charge in [-0.2, -0.15) is 0 Å². The third-order valence-electron chi connectivity index (χ3n) is 4.07. The zero-order chi connectivity index (χ0) is 13.2. The molecule has 0 N–H and O–H groups in total. The van der Waals surface area contributed by atoms with Gasteiger partial charge in [-0.25, -0.2) is 0 Å². The van der Waals surface area contributed by atoms with Crippen molar-refractivity contribution in [3.8, 4) is 0 Å². The predicted molar refractivity (Wildman–Crippen MR) is 69.8 cm³/mol. The van der Waals surface area contributed by atoms with Crippen molar-refractivity contribution < 1.29 is 14.0 Å². The molecule has 1 saturated carbocycles. The molecule has 5 nitrogen and oxygen atoms in total. The van der Waals surface area contributed by atoms with Crippen LogP contribution in [0.1, 0.15) is 31.2 Å². The third kappa shape index (κ3) is 2.68. The van der Waals surface area contributed by atoms with E-state index < -0.39 is 0 Å². The molecule has 1 aromatic rings. The number of fused-ring (bicyclic) bond motifs is 1. The number of hydrogen-bond donors (Lipinski definition) is 0. The molecular weight excluding hydrogens is 244 g/mol. The summed E-state index contributed by atoms with van der Waals surface area (Å²) in [7, 11) is 0. The van der Waals surface area contributed by atoms with Crippen LogP contribution in [0.25, 0.3) is 0 Å². The first-order valence-electron chi connectivity index (χ1n) is 7.17. The van der Waals surface area contributed by atoms with E-state index >= 15 is 0 Å². The molecule has 2 heterocycles. The van der Waals surface area contributed by atoms with Crippen LogP contribution < -0.4 is 0 Å². The number of nitrogens with zero attached hydrogens (tertiary/aromatic N) is 2. The topological polar surface area (TPSA) is 47.7 Å². The Hall–Kier alpha value is -0.910. The highest BCUT2D eigenvalue weighted by Gasteiger charge is 2.43. The van der Waals surface area contributed by atoms with Crippen LogP contribution in [-0.4, -0.2) is 48.1 Å². The zero-order valence-electron chi connectivity index (χ0n) is 11.7. The molecule has 0 amide bonds. The Morgan fingerprint density at radius 2 is 2.37 bits per heavy atom. The number of hydrogen-bond acceptors (Lipinski definition) is 5. The van der Waals surface area contributed by atoms with Crippen molar-refractivity contribution in [1.29, 1.82) is 0 Å². The summed E-state index contributed by atoms with van der Waals surface area (Å²) in [4.78, 5) is 2.46. The van der Waals surface area contributed by atoms with Gasteiger partial charge in [0.15, 0.2) is 0 Å². The highest BCUT2D eigenvalue weighted by Crippen LogP contribution is 2.32. The van der Waals surface area contributed by atoms with Gasteiger partial charge in [0, 0.05) is 31.8 Å². The molecule has 1 aliphatic carbocycles. The summed E-state index contributed by atoms with van der Waals surface area (Å²) in [5.74, 6) is 0.874. The smallest absolute Gasteiger partial charge is 0.133 e. The first-order valence-corrected chi connectivity index (χ1v) is 7.17. The quantitative estimate of drug-likeness (QED) is 0.831. The highest BCUT2D eigenvalue weighted by atomic mass is 16.5. The van der Waals surface area contributed by atoms with E-state index in [9.17, 15) is 0 Å². The van der Waals surface area contributed by atoms with Crippen LogP contribution in [0.5, 0.6) is 0 Å². The summed E-state index contributed by atoms with van der Waals surface area (Å²) in [6.45, 7) is 7.33. The summed E-state index contributed by atoms with van der Waals surface area (Å²) in [5, 5.41) is 4.09. The van der Waals surface area contributed by atoms with E-state index in [4.69, 9.17) is 14.0 Å². The summed E-state index contributed by atoms with van der Waals surface area (Å²) in [5.41, 5.74) is 1.01. The number of morpholine rings is 1. The first kappa shape index (κ1) is 13.1. The van der Waals surface area contributed by atoms with Crippen LogP contribution in [-0.2, 0) is 16.0 Å². The molecule has 0 aromatic carbocycles. The maximum Gasteiger partial charge on any atom is 0.133 e. The first-order chi connectivity index (χ1) is 9.28. The van der Waals surface area contributed by atoms with Crippen LogP contribution in [0.3, 0.4) is 0 Å². The van der Waals surface area contributed by atoms with E-state index in [-0.39, 0.29) is 12.2 Å². The van der Waals surface area contributed by atoms with Gasteiger partial charge >= 0.3 is 0 Å². The van der Waals surface area contributed by atoms with Crippen LogP contribution >= 0.6 is 0 Å². The lowest BCUT2D eigenvalue weighted by Gasteiger charge is -2.38. The molecule has 0 spiro atoms. The van der Waals surface area contributed by atoms with Crippen LogP contribution in [0.2, 0.25) is 0 Å². The van der Waals surface area contributed by atoms with Gasteiger partial charge in [0.05, 0.1) is 24.5 Å². The minimum atomic E-state index is 0.224. The van der Waals surface area contributed by atoms with Gasteiger partial charge in [0.25, 0.3) is 0 Å². The van der Waals surface area contributed by atoms with Gasteiger partial charge in [-0.3, -0.25) is 4.90 Å². The Kier molecular flexibility index (Phi) is 3.86. The van der Waals surface area contributed by atoms with E-state index in [0.717, 1.165) is 50.6 Å². The Morgan fingerprint density at radius 3 is 3.11 bits per heavy atom. The van der Waals surface area contributed by atoms with Crippen molar-refractivity contribution in [2.75, 3.05) is 19.8 Å². The molecule has 19 heavy (non-hydrogen) atoms. The molecule has 0 radical (unpaired) electrons. The Balaban J connectivity index is 1.66. The second-order valence-corrected chi connectivity index (χ2v) is 5.37. The van der Waals surface area contributed by atoms with E-state index in [0.29, 0.717) is 6.04 Å². The SMILES string of the molecule is CCO[C@H]1CC[C@H]2[C@H]1OCCN2Cc1cc(C)on1. The Bertz CT molecular complexity index is 421. The summed E-state index contributed by atoms with van der Waals surface area (Å²) < 4.78 is 16.9. The molecular formula is C14H22N2O3. The molecule has 1 aromatic heterocycles. The number of rotatable bonds is 4. The van der Waals surface area contributed by atoms with E-state index in [1.54, 1.807) is 0 Å². The van der Waals surface area contributed by atoms with Crippen molar-refractivity contribution in [1.82, 2.24) is 10.1 Å². The fourth-order valence-electron chi connectivity index (χ4n) is 3.28. The van der Waals surface area contributed by atoms with Crippen molar-refractivity contribution in [3.05, 3.63) is 17.5 Å². The van der Waals surface area contributed by atoms with Crippen LogP contribution in [0, 0.1) is 6.92 Å². The molecule has 1 aliphatic heterocycles. The predicted octanol–water partition coefficient (Wildman–Crippen LogP) is 1.75. The fourth-order valence-corrected chi connectivity index (χ4v) is 3.28. The molecule has 2 fully saturated rings. The van der Waals surface area contributed by atoms with Gasteiger partial charge in [-0.1, -0.05) is 5.16 Å². The molecule has 0 bridgehead atoms. The lowest BCUT2D eigenvalue weighted by Crippen LogP contribution is -2.51. The summed E-state index contributed by atoms with van der Waals surface area (Å²) >= 11 is 0. The second kappa shape index (κ2) is 5.61. The van der Waals surface area contributed by atoms with E-state index in [1.807, 2.05) is 19.9 Å². The molecule has 3 atom stereocenters. The number of aryl methyl sites for hydroxylation is 1. The summed E-state index contributed by atoms with van der Waals surface area (Å²) in [6, 6.07) is 2.47. The van der Waals surface area contributed by atoms with Crippen molar-refractivity contribution in [2.45, 2.75) is 51.5 Å². The van der Waals surface area contributed by atoms with Crippen molar-refractivity contribution in [3.63, 3.8) is 0 Å². The molecule has 3 rings (SSSR count). The van der Waals surface area contributed by atoms with Gasteiger partial charge in [0.1, 0.15) is 5.76 Å². The van der Waals surface area contributed by atoms with Crippen LogP contribution in [0.4, 0.5) is 0 Å². The molecule has 5 heteroatoms. The second-order valence-electron chi connectivity index (χ2n) is 5.37. The lowest BCUT2D eigenvalue weighted by atomic mass is 10.1. The minimum absolute atomic E-state index is 0.224. The highest BCUT2D eigenvalue weighted by molar-refractivity contribution is 5.05. The van der Waals surface area contributed by atoms with E-state index in [2.05, 4.69) is 10.1 Å². The molecule has 0 unspecified atom stereocenters. The lowest BCUT2D eigenvalue weighted by molar-refractivity contribution is -0.113. The monoisotopic (exact) mass is 266 g/mol. The van der Waals surface area contributed by atoms with Gasteiger partial charge in [-0.05, 0) is 26.7 Å². The van der Waals surface area contributed by atoms with Gasteiger partial charge in [-0.15, -0.1) is 0 Å². The van der Waals surface area contributed by atoms with Gasteiger partial charge < -0.3 is 14.0 Å². The normalized spacial score (nSPS) is 31.6. The fraction of sp³-hybridized carbons (Fsp3) is 0.786. The average molecular weight is 266 g/mol. The maximum absolute atomic E-state index is 5.93. The molecule has 1 saturated heterocycles. The third-order valence-corrected chi connectivity index (χ3v) is 4.07. The summed E-state index contributed by atoms with van der Waals surface area (Å²) in [6.07, 6.45) is 2.72. The minimum Gasteiger partial charge on any atom is -0.376 e. The molecule has 2 aliphatic rings. The maximum atomic E-state index is 5.93. The zero-order valence-corrected chi connectivity index (χ0v) is 11.7. The Morgan fingerprint density at radius 1 is 1.47 bits per heavy atom. The Labute approximate surface area is 113 Å². The average Bonchev–Trinajstić information content (AvgIpc) is 2.98. The van der Waals surface area contributed by atoms with Crippen molar-refractivity contribution in [2.24, 2.45) is 0 Å². The number of aromatic nitrogens is 1. The largest absolute Gasteiger partial charge is 0.376 e. The standard InChI is InChI=1S/C14H22N2O3/c1-3-17-13-5-4-12-14(13)18-7-6-16(12)9-11-8-10(2)19-15-11/h8,12-14H,3-7,9H2,1-2H3/t12-,13-,14+/m0/s1. The van der Waals surface area contributed by atoms with Gasteiger partial charge in [0.2, 0.25) is 0 Å². The van der Waals surface area contributed by atoms with Crippen LogP contribution in [0.15, 0.2) is 10.6 Å². The number of ether oxygens (including phenoxy) is 2. The van der Waals surface area contributed by atoms with Crippen molar-refractivity contribution >= 4 is 0 Å². The molecule has 106 valence electrons.